The summed E-state index contributed by atoms with van der Waals surface area (Å²) in [4.78, 5) is 21.6. The van der Waals surface area contributed by atoms with Crippen molar-refractivity contribution >= 4 is 6.03 Å². The van der Waals surface area contributed by atoms with Crippen LogP contribution in [0.15, 0.2) is 0 Å². The molecule has 24 atom stereocenters. The van der Waals surface area contributed by atoms with Crippen molar-refractivity contribution in [1.29, 1.82) is 0 Å². The van der Waals surface area contributed by atoms with Crippen molar-refractivity contribution in [2.24, 2.45) is 94.7 Å². The van der Waals surface area contributed by atoms with Gasteiger partial charge in [0.15, 0.2) is 0 Å². The maximum Gasteiger partial charge on any atom is 0.325 e. The van der Waals surface area contributed by atoms with Crippen LogP contribution in [0.4, 0.5) is 4.79 Å². The zero-order valence-corrected chi connectivity index (χ0v) is 35.6. The van der Waals surface area contributed by atoms with Crippen molar-refractivity contribution in [2.75, 3.05) is 0 Å². The fraction of sp³-hybridized carbons (Fsp3) is 0.980. The van der Waals surface area contributed by atoms with Crippen LogP contribution < -0.4 is 31.9 Å². The van der Waals surface area contributed by atoms with E-state index in [0.29, 0.717) is 53.4 Å². The van der Waals surface area contributed by atoms with E-state index in [2.05, 4.69) is 41.7 Å². The molecule has 320 valence electrons. The van der Waals surface area contributed by atoms with Gasteiger partial charge in [0.25, 0.3) is 0 Å². The molecule has 6 aliphatic heterocycles. The van der Waals surface area contributed by atoms with Gasteiger partial charge in [0.1, 0.15) is 0 Å². The number of rotatable bonds is 0. The van der Waals surface area contributed by atoms with Crippen LogP contribution in [0.3, 0.4) is 0 Å². The van der Waals surface area contributed by atoms with Crippen LogP contribution >= 0.6 is 0 Å². The van der Waals surface area contributed by atoms with Gasteiger partial charge in [-0.15, -0.1) is 0 Å². The third kappa shape index (κ3) is 5.49. The molecular formula is C49H78N8O. The van der Waals surface area contributed by atoms with Crippen LogP contribution in [0.2, 0.25) is 0 Å². The molecule has 0 spiro atoms. The van der Waals surface area contributed by atoms with E-state index < -0.39 is 0 Å². The van der Waals surface area contributed by atoms with E-state index >= 15 is 4.79 Å². The molecule has 0 aromatic carbocycles. The van der Waals surface area contributed by atoms with Crippen LogP contribution in [0, 0.1) is 94.7 Å². The summed E-state index contributed by atoms with van der Waals surface area (Å²) in [6.45, 7) is 0. The van der Waals surface area contributed by atoms with Crippen molar-refractivity contribution in [2.45, 2.75) is 203 Å². The molecule has 8 saturated carbocycles. The second-order valence-electron chi connectivity index (χ2n) is 24.2. The standard InChI is InChI=1S/C49H78N8O/c58-49-56-45-37-21-29-13-5-6-14-30(29)22-38(37)47(56)54-43-35-19-27-11-3-4-12-28(27)20-36(35)44(51-43)55-48-40-24-32-16-8-7-15-31(32)23-39(40)46(57(48)49)53-42-34-18-26-10-2-1-9-25(26)17-33(34)41(50-42)52-45/h25-48,50-55H,1-24H2. The lowest BCUT2D eigenvalue weighted by molar-refractivity contribution is 0.0472. The number of fused-ring (bicyclic) bond motifs is 20. The number of nitrogens with one attached hydrogen (secondary N) is 6. The van der Waals surface area contributed by atoms with Gasteiger partial charge in [-0.05, 0) is 146 Å². The highest BCUT2D eigenvalue weighted by Crippen LogP contribution is 2.58. The Morgan fingerprint density at radius 2 is 0.500 bits per heavy atom. The predicted molar refractivity (Wildman–Crippen MR) is 225 cm³/mol. The van der Waals surface area contributed by atoms with E-state index in [1.807, 2.05) is 0 Å². The molecular weight excluding hydrogens is 717 g/mol. The summed E-state index contributed by atoms with van der Waals surface area (Å²) in [6, 6.07) is 0.371. The smallest absolute Gasteiger partial charge is 0.293 e. The first kappa shape index (κ1) is 36.5. The van der Waals surface area contributed by atoms with Crippen LogP contribution in [-0.4, -0.2) is 65.2 Å². The Kier molecular flexibility index (Phi) is 8.82. The quantitative estimate of drug-likeness (QED) is 0.154. The Morgan fingerprint density at radius 1 is 0.293 bits per heavy atom. The molecule has 14 rings (SSSR count). The Morgan fingerprint density at radius 3 is 0.724 bits per heavy atom. The Hall–Kier alpha value is -0.970. The van der Waals surface area contributed by atoms with Crippen LogP contribution in [-0.2, 0) is 0 Å². The van der Waals surface area contributed by atoms with E-state index in [0.717, 1.165) is 47.3 Å². The minimum absolute atomic E-state index is 0.102. The lowest BCUT2D eigenvalue weighted by Crippen LogP contribution is -2.70. The fourth-order valence-electron chi connectivity index (χ4n) is 19.7. The lowest BCUT2D eigenvalue weighted by atomic mass is 9.62. The van der Waals surface area contributed by atoms with Gasteiger partial charge in [0.2, 0.25) is 0 Å². The largest absolute Gasteiger partial charge is 0.325 e. The molecule has 6 N–H and O–H groups in total. The first-order valence-corrected chi connectivity index (χ1v) is 26.3. The zero-order chi connectivity index (χ0) is 37.8. The van der Waals surface area contributed by atoms with Gasteiger partial charge in [-0.25, -0.2) is 4.79 Å². The first-order valence-electron chi connectivity index (χ1n) is 26.3. The summed E-state index contributed by atoms with van der Waals surface area (Å²) in [6.07, 6.45) is 35.2. The zero-order valence-electron chi connectivity index (χ0n) is 35.6. The number of hydrogen-bond donors (Lipinski definition) is 6. The van der Waals surface area contributed by atoms with Gasteiger partial charge >= 0.3 is 6.03 Å². The van der Waals surface area contributed by atoms with Gasteiger partial charge in [-0.2, -0.15) is 0 Å². The molecule has 14 aliphatic rings. The molecule has 2 amide bonds. The van der Waals surface area contributed by atoms with Crippen molar-refractivity contribution in [3.8, 4) is 0 Å². The fourth-order valence-corrected chi connectivity index (χ4v) is 19.7. The molecule has 6 bridgehead atoms. The van der Waals surface area contributed by atoms with Crippen LogP contribution in [0.25, 0.3) is 0 Å². The first-order chi connectivity index (χ1) is 28.6. The summed E-state index contributed by atoms with van der Waals surface area (Å²) in [5.41, 5.74) is 0. The number of carbonyl (C=O) groups is 1. The average Bonchev–Trinajstić information content (AvgIpc) is 3.95. The molecule has 58 heavy (non-hydrogen) atoms. The van der Waals surface area contributed by atoms with Gasteiger partial charge < -0.3 is 0 Å². The number of nitrogens with zero attached hydrogens (tertiary/aromatic N) is 2. The van der Waals surface area contributed by atoms with E-state index in [9.17, 15) is 0 Å². The highest BCUT2D eigenvalue weighted by molar-refractivity contribution is 5.77. The van der Waals surface area contributed by atoms with Crippen molar-refractivity contribution in [3.63, 3.8) is 0 Å². The Labute approximate surface area is 349 Å². The number of carbonyl (C=O) groups excluding carboxylic acids is 1. The SMILES string of the molecule is O=C1N2C3NC4NC(NC5C6CC7CCCCC7CC6C(NC6NC(NC2C2CC7CCCCC7CC23)C2CC3CCCCC3CC62)N15)C1CC2CCCCC2CC41. The molecule has 0 aromatic heterocycles. The summed E-state index contributed by atoms with van der Waals surface area (Å²) in [7, 11) is 0. The third-order valence-corrected chi connectivity index (χ3v) is 22.2. The number of amides is 2. The molecule has 6 heterocycles. The van der Waals surface area contributed by atoms with E-state index in [1.54, 1.807) is 0 Å². The molecule has 0 aromatic rings. The second kappa shape index (κ2) is 14.0. The normalized spacial score (nSPS) is 59.0. The van der Waals surface area contributed by atoms with Crippen molar-refractivity contribution in [1.82, 2.24) is 41.7 Å². The molecule has 0 radical (unpaired) electrons. The van der Waals surface area contributed by atoms with E-state index in [-0.39, 0.29) is 49.3 Å². The number of hydrogen-bond acceptors (Lipinski definition) is 7. The average molecular weight is 795 g/mol. The van der Waals surface area contributed by atoms with Gasteiger partial charge in [0.05, 0.1) is 49.3 Å². The van der Waals surface area contributed by atoms with Gasteiger partial charge in [-0.3, -0.25) is 41.7 Å². The maximum atomic E-state index is 16.5. The summed E-state index contributed by atoms with van der Waals surface area (Å²) in [5, 5.41) is 26.8. The predicted octanol–water partition coefficient (Wildman–Crippen LogP) is 7.27. The van der Waals surface area contributed by atoms with E-state index in [1.165, 1.54) is 154 Å². The Bertz CT molecular complexity index is 1380. The molecule has 14 fully saturated rings. The minimum atomic E-state index is 0.102. The van der Waals surface area contributed by atoms with Crippen molar-refractivity contribution in [3.05, 3.63) is 0 Å². The highest BCUT2D eigenvalue weighted by Gasteiger charge is 2.65. The van der Waals surface area contributed by atoms with Gasteiger partial charge in [0, 0.05) is 0 Å². The van der Waals surface area contributed by atoms with E-state index in [4.69, 9.17) is 0 Å². The monoisotopic (exact) mass is 795 g/mol. The number of urea groups is 1. The minimum Gasteiger partial charge on any atom is -0.293 e. The third-order valence-electron chi connectivity index (χ3n) is 22.2. The topological polar surface area (TPSA) is 95.7 Å². The second-order valence-corrected chi connectivity index (χ2v) is 24.2. The van der Waals surface area contributed by atoms with Crippen LogP contribution in [0.1, 0.15) is 154 Å². The molecule has 9 nitrogen and oxygen atoms in total. The molecule has 24 unspecified atom stereocenters. The van der Waals surface area contributed by atoms with Crippen LogP contribution in [0.5, 0.6) is 0 Å². The maximum absolute atomic E-state index is 16.5. The van der Waals surface area contributed by atoms with Crippen molar-refractivity contribution < 1.29 is 4.79 Å². The molecule has 6 saturated heterocycles. The lowest BCUT2D eigenvalue weighted by Gasteiger charge is -2.45. The summed E-state index contributed by atoms with van der Waals surface area (Å²) in [5.74, 6) is 11.7. The molecule has 9 heteroatoms. The Balaban J connectivity index is 0.910. The summed E-state index contributed by atoms with van der Waals surface area (Å²) < 4.78 is 0. The highest BCUT2D eigenvalue weighted by atomic mass is 16.2. The molecule has 8 aliphatic carbocycles. The summed E-state index contributed by atoms with van der Waals surface area (Å²) >= 11 is 0. The van der Waals surface area contributed by atoms with Gasteiger partial charge in [-0.1, -0.05) is 103 Å².